The Morgan fingerprint density at radius 3 is 2.07 bits per heavy atom. The molecule has 3 N–H and O–H groups in total. The van der Waals surface area contributed by atoms with Gasteiger partial charge < -0.3 is 15.5 Å². The molecule has 0 rings (SSSR count). The fraction of sp³-hybridized carbons (Fsp3) is 0.882. The second-order valence-electron chi connectivity index (χ2n) is 8.15. The number of carbonyl (C=O) groups excluding carboxylic acids is 2. The first kappa shape index (κ1) is 27.1. The summed E-state index contributed by atoms with van der Waals surface area (Å²) in [5.74, 6) is 0.489. The van der Waals surface area contributed by atoms with Crippen molar-refractivity contribution in [3.05, 3.63) is 0 Å². The summed E-state index contributed by atoms with van der Waals surface area (Å²) in [6.45, 7) is 6.13. The first-order chi connectivity index (χ1) is 12.2. The van der Waals surface area contributed by atoms with Crippen molar-refractivity contribution in [1.29, 1.82) is 0 Å². The van der Waals surface area contributed by atoms with Crippen molar-refractivity contribution in [2.75, 3.05) is 45.3 Å². The van der Waals surface area contributed by atoms with E-state index in [0.717, 1.165) is 36.2 Å². The molecule has 0 spiro atoms. The highest BCUT2D eigenvalue weighted by molar-refractivity contribution is 8.54. The van der Waals surface area contributed by atoms with Gasteiger partial charge in [-0.1, -0.05) is 46.4 Å². The molecule has 0 heterocycles. The minimum absolute atomic E-state index is 0.0295. The Labute approximate surface area is 171 Å². The third-order valence-electron chi connectivity index (χ3n) is 3.75. The van der Waals surface area contributed by atoms with Crippen LogP contribution in [0, 0.1) is 16.7 Å². The zero-order valence-electron chi connectivity index (χ0n) is 17.5. The van der Waals surface area contributed by atoms with Crippen LogP contribution < -0.4 is 10.6 Å². The number of rotatable bonds is 13. The highest BCUT2D eigenvalue weighted by Gasteiger charge is 2.33. The maximum Gasteiger partial charge on any atom is 0.386 e. The molecular weight excluding hydrogens is 407 g/mol. The maximum absolute atomic E-state index is 12.4. The summed E-state index contributed by atoms with van der Waals surface area (Å²) in [6.07, 6.45) is 0. The molecule has 0 aromatic carbocycles. The maximum atomic E-state index is 12.4. The van der Waals surface area contributed by atoms with Gasteiger partial charge in [-0.15, -0.1) is 0 Å². The zero-order valence-corrected chi connectivity index (χ0v) is 20.0. The van der Waals surface area contributed by atoms with Gasteiger partial charge in [-0.05, 0) is 44.5 Å². The predicted molar refractivity (Wildman–Crippen MR) is 115 cm³/mol. The first-order valence-electron chi connectivity index (χ1n) is 8.87. The standard InChI is InChI=1S/C17H35N2O5PS2/c1-16(2,3)15(21)26-11-14(20)17(4,5)12-24-25(22,23)27-10-13(8-18-6)9-19-7/h13,18-19H,8-12H2,1-7H3,(H,22,23). The van der Waals surface area contributed by atoms with Crippen molar-refractivity contribution < 1.29 is 23.6 Å². The Bertz CT molecular complexity index is 532. The summed E-state index contributed by atoms with van der Waals surface area (Å²) < 4.78 is 17.5. The molecule has 0 saturated carbocycles. The van der Waals surface area contributed by atoms with Crippen LogP contribution in [-0.4, -0.2) is 61.1 Å². The van der Waals surface area contributed by atoms with E-state index in [1.54, 1.807) is 34.6 Å². The Morgan fingerprint density at radius 2 is 1.63 bits per heavy atom. The molecule has 7 nitrogen and oxygen atoms in total. The van der Waals surface area contributed by atoms with E-state index in [9.17, 15) is 19.0 Å². The number of thioether (sulfide) groups is 1. The molecule has 0 amide bonds. The van der Waals surface area contributed by atoms with Gasteiger partial charge in [0.05, 0.1) is 12.4 Å². The lowest BCUT2D eigenvalue weighted by molar-refractivity contribution is -0.126. The van der Waals surface area contributed by atoms with E-state index in [1.807, 2.05) is 14.1 Å². The zero-order chi connectivity index (χ0) is 21.3. The summed E-state index contributed by atoms with van der Waals surface area (Å²) in [7, 11) is 3.66. The van der Waals surface area contributed by atoms with Gasteiger partial charge in [-0.3, -0.25) is 14.1 Å². The van der Waals surface area contributed by atoms with Gasteiger partial charge in [-0.25, -0.2) is 4.57 Å². The minimum atomic E-state index is -3.86. The number of ketones is 1. The van der Waals surface area contributed by atoms with E-state index >= 15 is 0 Å². The molecule has 0 radical (unpaired) electrons. The van der Waals surface area contributed by atoms with Gasteiger partial charge in [0.2, 0.25) is 0 Å². The summed E-state index contributed by atoms with van der Waals surface area (Å²) in [4.78, 5) is 34.4. The Hall–Kier alpha value is 0.110. The second-order valence-corrected chi connectivity index (χ2v) is 13.0. The SMILES string of the molecule is CNCC(CNC)CSP(=O)(O)OCC(C)(C)C(=O)CSC(=O)C(C)(C)C. The number of hydrogen-bond acceptors (Lipinski definition) is 8. The highest BCUT2D eigenvalue weighted by Crippen LogP contribution is 2.56. The van der Waals surface area contributed by atoms with Gasteiger partial charge in [0.1, 0.15) is 0 Å². The summed E-state index contributed by atoms with van der Waals surface area (Å²) in [5.41, 5.74) is -1.46. The van der Waals surface area contributed by atoms with E-state index in [0.29, 0.717) is 5.75 Å². The highest BCUT2D eigenvalue weighted by atomic mass is 32.7. The Balaban J connectivity index is 4.56. The van der Waals surface area contributed by atoms with Gasteiger partial charge in [0.25, 0.3) is 0 Å². The summed E-state index contributed by atoms with van der Waals surface area (Å²) >= 11 is 1.86. The Kier molecular flexibility index (Phi) is 12.0. The first-order valence-corrected chi connectivity index (χ1v) is 13.0. The molecule has 1 unspecified atom stereocenters. The molecule has 0 aromatic rings. The summed E-state index contributed by atoms with van der Waals surface area (Å²) in [6, 6.07) is 0. The third kappa shape index (κ3) is 11.6. The van der Waals surface area contributed by atoms with Gasteiger partial charge in [-0.2, -0.15) is 0 Å². The fourth-order valence-corrected chi connectivity index (χ4v) is 5.73. The van der Waals surface area contributed by atoms with Crippen molar-refractivity contribution in [2.24, 2.45) is 16.7 Å². The molecule has 0 aliphatic rings. The van der Waals surface area contributed by atoms with E-state index in [4.69, 9.17) is 4.52 Å². The van der Waals surface area contributed by atoms with Crippen LogP contribution in [0.1, 0.15) is 34.6 Å². The monoisotopic (exact) mass is 442 g/mol. The molecule has 1 atom stereocenters. The third-order valence-corrected chi connectivity index (χ3v) is 8.17. The van der Waals surface area contributed by atoms with E-state index in [2.05, 4.69) is 10.6 Å². The number of nitrogens with one attached hydrogen (secondary N) is 2. The second kappa shape index (κ2) is 12.0. The van der Waals surface area contributed by atoms with Crippen molar-refractivity contribution in [1.82, 2.24) is 10.6 Å². The minimum Gasteiger partial charge on any atom is -0.319 e. The smallest absolute Gasteiger partial charge is 0.319 e. The number of hydrogen-bond donors (Lipinski definition) is 3. The molecule has 0 aliphatic heterocycles. The molecule has 0 bridgehead atoms. The van der Waals surface area contributed by atoms with Crippen LogP contribution in [0.4, 0.5) is 0 Å². The number of carbonyl (C=O) groups is 2. The lowest BCUT2D eigenvalue weighted by atomic mass is 9.90. The van der Waals surface area contributed by atoms with Crippen LogP contribution in [0.15, 0.2) is 0 Å². The fourth-order valence-electron chi connectivity index (χ4n) is 1.87. The quantitative estimate of drug-likeness (QED) is 0.371. The van der Waals surface area contributed by atoms with Crippen LogP contribution >= 0.6 is 29.9 Å². The van der Waals surface area contributed by atoms with Gasteiger partial charge in [0, 0.05) is 16.6 Å². The molecule has 0 aliphatic carbocycles. The molecule has 10 heteroatoms. The van der Waals surface area contributed by atoms with Gasteiger partial charge >= 0.3 is 6.80 Å². The summed E-state index contributed by atoms with van der Waals surface area (Å²) in [5, 5.41) is 6.05. The molecule has 0 fully saturated rings. The van der Waals surface area contributed by atoms with E-state index < -0.39 is 17.6 Å². The molecule has 0 saturated heterocycles. The van der Waals surface area contributed by atoms with Crippen molar-refractivity contribution >= 4 is 40.8 Å². The largest absolute Gasteiger partial charge is 0.386 e. The lowest BCUT2D eigenvalue weighted by Crippen LogP contribution is -2.32. The Morgan fingerprint density at radius 1 is 1.11 bits per heavy atom. The van der Waals surface area contributed by atoms with Crippen LogP contribution in [0.2, 0.25) is 0 Å². The van der Waals surface area contributed by atoms with Crippen molar-refractivity contribution in [3.8, 4) is 0 Å². The van der Waals surface area contributed by atoms with E-state index in [-0.39, 0.29) is 29.2 Å². The topological polar surface area (TPSA) is 105 Å². The average Bonchev–Trinajstić information content (AvgIpc) is 2.55. The molecular formula is C17H35N2O5PS2. The number of Topliss-reactive ketones (excluding diaryl/α,β-unsaturated/α-hetero) is 1. The van der Waals surface area contributed by atoms with Crippen LogP contribution in [0.3, 0.4) is 0 Å². The lowest BCUT2D eigenvalue weighted by Gasteiger charge is -2.25. The van der Waals surface area contributed by atoms with Crippen molar-refractivity contribution in [3.63, 3.8) is 0 Å². The van der Waals surface area contributed by atoms with Gasteiger partial charge in [0.15, 0.2) is 10.9 Å². The van der Waals surface area contributed by atoms with Crippen LogP contribution in [0.5, 0.6) is 0 Å². The molecule has 27 heavy (non-hydrogen) atoms. The molecule has 0 aromatic heterocycles. The predicted octanol–water partition coefficient (Wildman–Crippen LogP) is 2.79. The van der Waals surface area contributed by atoms with Crippen LogP contribution in [-0.2, 0) is 18.7 Å². The van der Waals surface area contributed by atoms with E-state index in [1.165, 1.54) is 0 Å². The van der Waals surface area contributed by atoms with Crippen molar-refractivity contribution in [2.45, 2.75) is 34.6 Å². The van der Waals surface area contributed by atoms with Crippen LogP contribution in [0.25, 0.3) is 0 Å². The average molecular weight is 443 g/mol. The normalized spacial score (nSPS) is 15.0. The molecule has 160 valence electrons.